The Labute approximate surface area is 109 Å². The fraction of sp³-hybridized carbons (Fsp3) is 0.333. The van der Waals surface area contributed by atoms with Gasteiger partial charge >= 0.3 is 5.97 Å². The molecule has 0 aromatic heterocycles. The lowest BCUT2D eigenvalue weighted by atomic mass is 10.2. The van der Waals surface area contributed by atoms with Gasteiger partial charge in [0.1, 0.15) is 0 Å². The van der Waals surface area contributed by atoms with Crippen LogP contribution in [0.3, 0.4) is 0 Å². The van der Waals surface area contributed by atoms with Crippen molar-refractivity contribution < 1.29 is 19.2 Å². The Morgan fingerprint density at radius 3 is 2.53 bits per heavy atom. The number of hydrogen-bond donors (Lipinski definition) is 0. The molecule has 1 atom stereocenters. The highest BCUT2D eigenvalue weighted by Crippen LogP contribution is 2.14. The molecular weight excluding hydrogens is 252 g/mol. The number of esters is 1. The minimum Gasteiger partial charge on any atom is -0.449 e. The van der Waals surface area contributed by atoms with Crippen LogP contribution in [-0.2, 0) is 9.53 Å². The number of nitrogens with zero attached hydrogens (tertiary/aromatic N) is 2. The molecule has 19 heavy (non-hydrogen) atoms. The summed E-state index contributed by atoms with van der Waals surface area (Å²) < 4.78 is 4.94. The Kier molecular flexibility index (Phi) is 4.57. The number of hydrogen-bond acceptors (Lipinski definition) is 5. The minimum atomic E-state index is -0.943. The summed E-state index contributed by atoms with van der Waals surface area (Å²) in [5.41, 5.74) is -0.173. The summed E-state index contributed by atoms with van der Waals surface area (Å²) >= 11 is 0. The second-order valence-corrected chi connectivity index (χ2v) is 4.09. The number of carbonyl (C=O) groups excluding carboxylic acids is 2. The van der Waals surface area contributed by atoms with Gasteiger partial charge in [-0.05, 0) is 13.0 Å². The number of carbonyl (C=O) groups is 2. The largest absolute Gasteiger partial charge is 0.449 e. The zero-order valence-corrected chi connectivity index (χ0v) is 10.8. The van der Waals surface area contributed by atoms with Gasteiger partial charge in [0.25, 0.3) is 11.6 Å². The molecule has 0 aliphatic rings. The van der Waals surface area contributed by atoms with E-state index in [2.05, 4.69) is 0 Å². The van der Waals surface area contributed by atoms with Gasteiger partial charge in [-0.3, -0.25) is 14.9 Å². The second kappa shape index (κ2) is 5.94. The SMILES string of the molecule is C[C@H](OC(=O)c1cccc([N+](=O)[O-])c1)C(=O)N(C)C. The van der Waals surface area contributed by atoms with Crippen molar-refractivity contribution in [3.8, 4) is 0 Å². The molecule has 1 amide bonds. The van der Waals surface area contributed by atoms with Crippen LogP contribution >= 0.6 is 0 Å². The van der Waals surface area contributed by atoms with Crippen molar-refractivity contribution in [1.29, 1.82) is 0 Å². The van der Waals surface area contributed by atoms with Crippen LogP contribution in [0.4, 0.5) is 5.69 Å². The van der Waals surface area contributed by atoms with E-state index < -0.39 is 17.0 Å². The number of nitro groups is 1. The van der Waals surface area contributed by atoms with Crippen molar-refractivity contribution in [1.82, 2.24) is 4.90 Å². The molecule has 1 aromatic rings. The van der Waals surface area contributed by atoms with Gasteiger partial charge in [0, 0.05) is 26.2 Å². The molecule has 0 saturated carbocycles. The number of ether oxygens (including phenoxy) is 1. The molecule has 0 aliphatic heterocycles. The first-order valence-electron chi connectivity index (χ1n) is 5.49. The van der Waals surface area contributed by atoms with E-state index in [1.54, 1.807) is 14.1 Å². The van der Waals surface area contributed by atoms with Crippen molar-refractivity contribution >= 4 is 17.6 Å². The van der Waals surface area contributed by atoms with E-state index in [-0.39, 0.29) is 17.2 Å². The van der Waals surface area contributed by atoms with Crippen LogP contribution in [0.25, 0.3) is 0 Å². The molecule has 0 fully saturated rings. The highest BCUT2D eigenvalue weighted by Gasteiger charge is 2.21. The van der Waals surface area contributed by atoms with Crippen LogP contribution in [0.5, 0.6) is 0 Å². The van der Waals surface area contributed by atoms with Gasteiger partial charge in [-0.1, -0.05) is 6.07 Å². The molecule has 0 saturated heterocycles. The average molecular weight is 266 g/mol. The van der Waals surface area contributed by atoms with Crippen LogP contribution in [0.15, 0.2) is 24.3 Å². The topological polar surface area (TPSA) is 89.7 Å². The molecule has 0 spiro atoms. The summed E-state index contributed by atoms with van der Waals surface area (Å²) in [4.78, 5) is 34.5. The molecule has 7 heteroatoms. The van der Waals surface area contributed by atoms with Crippen molar-refractivity contribution in [3.05, 3.63) is 39.9 Å². The molecule has 0 heterocycles. The van der Waals surface area contributed by atoms with Crippen LogP contribution in [-0.4, -0.2) is 41.9 Å². The van der Waals surface area contributed by atoms with E-state index in [0.717, 1.165) is 6.07 Å². The monoisotopic (exact) mass is 266 g/mol. The third-order valence-electron chi connectivity index (χ3n) is 2.37. The van der Waals surface area contributed by atoms with Crippen LogP contribution in [0.1, 0.15) is 17.3 Å². The molecule has 1 aromatic carbocycles. The van der Waals surface area contributed by atoms with E-state index in [9.17, 15) is 19.7 Å². The van der Waals surface area contributed by atoms with E-state index >= 15 is 0 Å². The van der Waals surface area contributed by atoms with E-state index in [1.165, 1.54) is 30.0 Å². The van der Waals surface area contributed by atoms with Gasteiger partial charge in [-0.15, -0.1) is 0 Å². The Hall–Kier alpha value is -2.44. The Morgan fingerprint density at radius 1 is 1.37 bits per heavy atom. The number of nitro benzene ring substituents is 1. The maximum atomic E-state index is 11.7. The summed E-state index contributed by atoms with van der Waals surface area (Å²) in [7, 11) is 3.08. The van der Waals surface area contributed by atoms with Crippen molar-refractivity contribution in [3.63, 3.8) is 0 Å². The molecule has 102 valence electrons. The second-order valence-electron chi connectivity index (χ2n) is 4.09. The fourth-order valence-electron chi connectivity index (χ4n) is 1.39. The average Bonchev–Trinajstić information content (AvgIpc) is 2.37. The van der Waals surface area contributed by atoms with Crippen molar-refractivity contribution in [2.75, 3.05) is 14.1 Å². The normalized spacial score (nSPS) is 11.5. The molecule has 0 unspecified atom stereocenters. The van der Waals surface area contributed by atoms with Crippen molar-refractivity contribution in [2.24, 2.45) is 0 Å². The lowest BCUT2D eigenvalue weighted by Gasteiger charge is -2.17. The standard InChI is InChI=1S/C12H14N2O5/c1-8(11(15)13(2)3)19-12(16)9-5-4-6-10(7-9)14(17)18/h4-8H,1-3H3/t8-/m0/s1. The highest BCUT2D eigenvalue weighted by atomic mass is 16.6. The van der Waals surface area contributed by atoms with Crippen LogP contribution in [0, 0.1) is 10.1 Å². The molecule has 0 radical (unpaired) electrons. The van der Waals surface area contributed by atoms with Crippen molar-refractivity contribution in [2.45, 2.75) is 13.0 Å². The molecule has 1 rings (SSSR count). The zero-order valence-electron chi connectivity index (χ0n) is 10.8. The summed E-state index contributed by atoms with van der Waals surface area (Å²) in [6.45, 7) is 1.44. The van der Waals surface area contributed by atoms with E-state index in [4.69, 9.17) is 4.74 Å². The van der Waals surface area contributed by atoms with Gasteiger partial charge in [0.05, 0.1) is 10.5 Å². The number of likely N-dealkylation sites (N-methyl/N-ethyl adjacent to an activating group) is 1. The molecule has 7 nitrogen and oxygen atoms in total. The zero-order chi connectivity index (χ0) is 14.6. The summed E-state index contributed by atoms with van der Waals surface area (Å²) in [5, 5.41) is 10.6. The molecule has 0 N–H and O–H groups in total. The van der Waals surface area contributed by atoms with Gasteiger partial charge in [-0.2, -0.15) is 0 Å². The lowest BCUT2D eigenvalue weighted by Crippen LogP contribution is -2.34. The van der Waals surface area contributed by atoms with Crippen LogP contribution < -0.4 is 0 Å². The third-order valence-corrected chi connectivity index (χ3v) is 2.37. The smallest absolute Gasteiger partial charge is 0.339 e. The van der Waals surface area contributed by atoms with Gasteiger partial charge < -0.3 is 9.64 Å². The molecule has 0 bridgehead atoms. The summed E-state index contributed by atoms with van der Waals surface area (Å²) in [6.07, 6.45) is -0.943. The van der Waals surface area contributed by atoms with E-state index in [0.29, 0.717) is 0 Å². The first-order valence-corrected chi connectivity index (χ1v) is 5.49. The predicted octanol–water partition coefficient (Wildman–Crippen LogP) is 1.23. The molecular formula is C12H14N2O5. The first-order chi connectivity index (χ1) is 8.82. The van der Waals surface area contributed by atoms with E-state index in [1.807, 2.05) is 0 Å². The quantitative estimate of drug-likeness (QED) is 0.464. The number of amides is 1. The number of rotatable bonds is 4. The number of benzene rings is 1. The maximum Gasteiger partial charge on any atom is 0.339 e. The molecule has 0 aliphatic carbocycles. The summed E-state index contributed by atoms with van der Waals surface area (Å²) in [5.74, 6) is -1.13. The Morgan fingerprint density at radius 2 is 2.00 bits per heavy atom. The fourth-order valence-corrected chi connectivity index (χ4v) is 1.39. The number of non-ortho nitro benzene ring substituents is 1. The van der Waals surface area contributed by atoms with Gasteiger partial charge in [-0.25, -0.2) is 4.79 Å². The Bertz CT molecular complexity index is 513. The van der Waals surface area contributed by atoms with Crippen LogP contribution in [0.2, 0.25) is 0 Å². The minimum absolute atomic E-state index is 0.0348. The van der Waals surface area contributed by atoms with Gasteiger partial charge in [0.15, 0.2) is 6.10 Å². The first kappa shape index (κ1) is 14.6. The Balaban J connectivity index is 2.81. The highest BCUT2D eigenvalue weighted by molar-refractivity contribution is 5.92. The maximum absolute atomic E-state index is 11.7. The van der Waals surface area contributed by atoms with Gasteiger partial charge in [0.2, 0.25) is 0 Å². The lowest BCUT2D eigenvalue weighted by molar-refractivity contribution is -0.384. The third kappa shape index (κ3) is 3.77. The predicted molar refractivity (Wildman–Crippen MR) is 66.7 cm³/mol. The summed E-state index contributed by atoms with van der Waals surface area (Å²) in [6, 6.07) is 5.15.